The zero-order chi connectivity index (χ0) is 19.9. The summed E-state index contributed by atoms with van der Waals surface area (Å²) >= 11 is 1.44. The molecule has 1 aromatic carbocycles. The van der Waals surface area contributed by atoms with Crippen molar-refractivity contribution in [3.05, 3.63) is 89.8 Å². The lowest BCUT2D eigenvalue weighted by Gasteiger charge is -2.09. The molecule has 7 nitrogen and oxygen atoms in total. The Kier molecular flexibility index (Phi) is 5.73. The Labute approximate surface area is 171 Å². The number of esters is 1. The van der Waals surface area contributed by atoms with Crippen LogP contribution in [0.25, 0.3) is 0 Å². The molecule has 4 rings (SSSR count). The first-order valence-corrected chi connectivity index (χ1v) is 9.62. The summed E-state index contributed by atoms with van der Waals surface area (Å²) in [4.78, 5) is 25.1. The molecule has 0 radical (unpaired) electrons. The molecule has 0 fully saturated rings. The zero-order valence-electron chi connectivity index (χ0n) is 15.2. The molecule has 144 valence electrons. The Morgan fingerprint density at radius 1 is 1.03 bits per heavy atom. The van der Waals surface area contributed by atoms with E-state index in [4.69, 9.17) is 9.47 Å². The van der Waals surface area contributed by atoms with Crippen molar-refractivity contribution in [2.45, 2.75) is 6.61 Å². The molecule has 0 bridgehead atoms. The van der Waals surface area contributed by atoms with Crippen LogP contribution in [0.5, 0.6) is 11.6 Å². The summed E-state index contributed by atoms with van der Waals surface area (Å²) in [6.45, 7) is 0.0486. The number of anilines is 2. The molecule has 29 heavy (non-hydrogen) atoms. The van der Waals surface area contributed by atoms with Crippen molar-refractivity contribution in [3.63, 3.8) is 0 Å². The molecule has 0 aliphatic rings. The van der Waals surface area contributed by atoms with E-state index in [1.807, 2.05) is 35.7 Å². The number of pyridine rings is 2. The molecule has 3 heterocycles. The summed E-state index contributed by atoms with van der Waals surface area (Å²) < 4.78 is 11.1. The molecule has 0 atom stereocenters. The van der Waals surface area contributed by atoms with Gasteiger partial charge in [-0.2, -0.15) is 0 Å². The van der Waals surface area contributed by atoms with Gasteiger partial charge in [-0.1, -0.05) is 18.2 Å². The molecule has 0 unspecified atom stereocenters. The molecule has 4 aromatic rings. The topological polar surface area (TPSA) is 86.2 Å². The third-order valence-corrected chi connectivity index (χ3v) is 4.57. The van der Waals surface area contributed by atoms with Gasteiger partial charge in [-0.3, -0.25) is 4.98 Å². The Balaban J connectivity index is 1.39. The van der Waals surface area contributed by atoms with E-state index in [2.05, 4.69) is 20.3 Å². The highest BCUT2D eigenvalue weighted by molar-refractivity contribution is 7.13. The molecule has 1 N–H and O–H groups in total. The number of rotatable bonds is 7. The van der Waals surface area contributed by atoms with Gasteiger partial charge in [-0.25, -0.2) is 14.8 Å². The van der Waals surface area contributed by atoms with Crippen molar-refractivity contribution < 1.29 is 14.3 Å². The normalized spacial score (nSPS) is 10.3. The standard InChI is InChI=1S/C21H16N4O3S/c26-20(18-9-5-11-23-19(18)28-17-8-4-10-22-12-17)27-13-16-14-29-21(25-16)24-15-6-2-1-3-7-15/h1-12,14H,13H2,(H,24,25). The Hall–Kier alpha value is -3.78. The number of aromatic nitrogens is 3. The first-order chi connectivity index (χ1) is 14.3. The quantitative estimate of drug-likeness (QED) is 0.442. The molecular formula is C21H16N4O3S. The first-order valence-electron chi connectivity index (χ1n) is 8.74. The van der Waals surface area contributed by atoms with Gasteiger partial charge in [0.05, 0.1) is 11.9 Å². The van der Waals surface area contributed by atoms with E-state index in [-0.39, 0.29) is 18.1 Å². The van der Waals surface area contributed by atoms with Crippen molar-refractivity contribution in [2.24, 2.45) is 0 Å². The zero-order valence-corrected chi connectivity index (χ0v) is 16.0. The fourth-order valence-electron chi connectivity index (χ4n) is 2.44. The second-order valence-electron chi connectivity index (χ2n) is 5.86. The summed E-state index contributed by atoms with van der Waals surface area (Å²) in [5.41, 5.74) is 1.83. The summed E-state index contributed by atoms with van der Waals surface area (Å²) in [5.74, 6) is 0.106. The number of hydrogen-bond acceptors (Lipinski definition) is 8. The van der Waals surface area contributed by atoms with E-state index in [9.17, 15) is 4.79 Å². The predicted octanol–water partition coefficient (Wildman–Crippen LogP) is 4.83. The van der Waals surface area contributed by atoms with Crippen LogP contribution in [0.1, 0.15) is 16.1 Å². The maximum atomic E-state index is 12.5. The number of ether oxygens (including phenoxy) is 2. The lowest BCUT2D eigenvalue weighted by Crippen LogP contribution is -2.08. The molecule has 3 aromatic heterocycles. The van der Waals surface area contributed by atoms with E-state index >= 15 is 0 Å². The highest BCUT2D eigenvalue weighted by Crippen LogP contribution is 2.24. The van der Waals surface area contributed by atoms with Gasteiger partial charge >= 0.3 is 5.97 Å². The van der Waals surface area contributed by atoms with Gasteiger partial charge in [-0.05, 0) is 36.4 Å². The number of hydrogen-bond donors (Lipinski definition) is 1. The molecule has 0 spiro atoms. The van der Waals surface area contributed by atoms with Gasteiger partial charge in [0.25, 0.3) is 0 Å². The number of carbonyl (C=O) groups excluding carboxylic acids is 1. The van der Waals surface area contributed by atoms with Gasteiger partial charge in [0, 0.05) is 23.5 Å². The maximum absolute atomic E-state index is 12.5. The molecule has 0 amide bonds. The van der Waals surface area contributed by atoms with Crippen LogP contribution >= 0.6 is 11.3 Å². The molecule has 0 saturated heterocycles. The first kappa shape index (κ1) is 18.6. The minimum absolute atomic E-state index is 0.0486. The molecule has 0 saturated carbocycles. The monoisotopic (exact) mass is 404 g/mol. The van der Waals surface area contributed by atoms with E-state index < -0.39 is 5.97 Å². The van der Waals surface area contributed by atoms with Crippen LogP contribution in [-0.4, -0.2) is 20.9 Å². The second kappa shape index (κ2) is 8.94. The smallest absolute Gasteiger partial charge is 0.344 e. The fraction of sp³-hybridized carbons (Fsp3) is 0.0476. The minimum atomic E-state index is -0.539. The minimum Gasteiger partial charge on any atom is -0.455 e. The Bertz CT molecular complexity index is 1090. The summed E-state index contributed by atoms with van der Waals surface area (Å²) in [6.07, 6.45) is 4.72. The lowest BCUT2D eigenvalue weighted by molar-refractivity contribution is 0.0465. The number of carbonyl (C=O) groups is 1. The number of thiazole rings is 1. The van der Waals surface area contributed by atoms with E-state index in [1.54, 1.807) is 42.9 Å². The van der Waals surface area contributed by atoms with Gasteiger partial charge in [-0.15, -0.1) is 11.3 Å². The number of para-hydroxylation sites is 1. The molecule has 0 aliphatic heterocycles. The van der Waals surface area contributed by atoms with Gasteiger partial charge in [0.2, 0.25) is 5.88 Å². The van der Waals surface area contributed by atoms with Gasteiger partial charge < -0.3 is 14.8 Å². The number of nitrogens with zero attached hydrogens (tertiary/aromatic N) is 3. The van der Waals surface area contributed by atoms with E-state index in [0.717, 1.165) is 10.8 Å². The SMILES string of the molecule is O=C(OCc1csc(Nc2ccccc2)n1)c1cccnc1Oc1cccnc1. The van der Waals surface area contributed by atoms with Crippen LogP contribution < -0.4 is 10.1 Å². The van der Waals surface area contributed by atoms with E-state index in [0.29, 0.717) is 11.4 Å². The average Bonchev–Trinajstić information content (AvgIpc) is 3.21. The number of nitrogens with one attached hydrogen (secondary N) is 1. The van der Waals surface area contributed by atoms with Crippen LogP contribution in [0, 0.1) is 0 Å². The highest BCUT2D eigenvalue weighted by Gasteiger charge is 2.16. The Morgan fingerprint density at radius 2 is 1.90 bits per heavy atom. The van der Waals surface area contributed by atoms with Gasteiger partial charge in [0.15, 0.2) is 5.13 Å². The van der Waals surface area contributed by atoms with Gasteiger partial charge in [0.1, 0.15) is 17.9 Å². The Morgan fingerprint density at radius 3 is 2.72 bits per heavy atom. The largest absolute Gasteiger partial charge is 0.455 e. The third kappa shape index (κ3) is 4.94. The predicted molar refractivity (Wildman–Crippen MR) is 110 cm³/mol. The van der Waals surface area contributed by atoms with Crippen molar-refractivity contribution in [2.75, 3.05) is 5.32 Å². The highest BCUT2D eigenvalue weighted by atomic mass is 32.1. The molecule has 0 aliphatic carbocycles. The van der Waals surface area contributed by atoms with Crippen molar-refractivity contribution in [1.29, 1.82) is 0 Å². The fourth-order valence-corrected chi connectivity index (χ4v) is 3.15. The molecular weight excluding hydrogens is 388 g/mol. The summed E-state index contributed by atoms with van der Waals surface area (Å²) in [5, 5.41) is 5.78. The number of benzene rings is 1. The third-order valence-electron chi connectivity index (χ3n) is 3.77. The maximum Gasteiger partial charge on any atom is 0.344 e. The molecule has 8 heteroatoms. The average molecular weight is 404 g/mol. The van der Waals surface area contributed by atoms with Crippen LogP contribution in [-0.2, 0) is 11.3 Å². The lowest BCUT2D eigenvalue weighted by atomic mass is 10.3. The van der Waals surface area contributed by atoms with Crippen LogP contribution in [0.2, 0.25) is 0 Å². The summed E-state index contributed by atoms with van der Waals surface area (Å²) in [7, 11) is 0. The van der Waals surface area contributed by atoms with Crippen LogP contribution in [0.15, 0.2) is 78.6 Å². The summed E-state index contributed by atoms with van der Waals surface area (Å²) in [6, 6.07) is 16.5. The van der Waals surface area contributed by atoms with Crippen molar-refractivity contribution in [3.8, 4) is 11.6 Å². The van der Waals surface area contributed by atoms with Crippen molar-refractivity contribution >= 4 is 28.1 Å². The van der Waals surface area contributed by atoms with Crippen LogP contribution in [0.4, 0.5) is 10.8 Å². The van der Waals surface area contributed by atoms with Crippen LogP contribution in [0.3, 0.4) is 0 Å². The van der Waals surface area contributed by atoms with E-state index in [1.165, 1.54) is 11.3 Å². The van der Waals surface area contributed by atoms with Crippen molar-refractivity contribution in [1.82, 2.24) is 15.0 Å². The second-order valence-corrected chi connectivity index (χ2v) is 6.72.